The van der Waals surface area contributed by atoms with Gasteiger partial charge in [0.05, 0.1) is 6.54 Å². The summed E-state index contributed by atoms with van der Waals surface area (Å²) in [5.41, 5.74) is 1.87. The molecule has 0 fully saturated rings. The molecule has 0 spiro atoms. The van der Waals surface area contributed by atoms with Crippen LogP contribution >= 0.6 is 0 Å². The van der Waals surface area contributed by atoms with Gasteiger partial charge >= 0.3 is 7.25 Å². The molecule has 0 bridgehead atoms. The molecular weight excluding hydrogens is 315 g/mol. The van der Waals surface area contributed by atoms with Gasteiger partial charge in [0, 0.05) is 19.2 Å². The molecule has 1 heterocycles. The zero-order chi connectivity index (χ0) is 17.6. The molecule has 0 aliphatic rings. The van der Waals surface area contributed by atoms with Crippen molar-refractivity contribution in [1.29, 1.82) is 0 Å². The molecule has 1 N–H and O–H groups in total. The van der Waals surface area contributed by atoms with Crippen molar-refractivity contribution in [3.63, 3.8) is 0 Å². The van der Waals surface area contributed by atoms with Crippen molar-refractivity contribution in [2.75, 3.05) is 34.7 Å². The molecule has 0 saturated carbocycles. The van der Waals surface area contributed by atoms with E-state index in [4.69, 9.17) is 0 Å². The van der Waals surface area contributed by atoms with Gasteiger partial charge in [-0.15, -0.1) is 0 Å². The normalized spacial score (nSPS) is 12.3. The molecule has 0 atom stereocenters. The minimum Gasteiger partial charge on any atom is -0.418 e. The maximum atomic E-state index is 9.75. The molecular formula is C12H19BF4N6. The van der Waals surface area contributed by atoms with Crippen molar-refractivity contribution in [3.8, 4) is 0 Å². The average molecular weight is 334 g/mol. The Morgan fingerprint density at radius 3 is 2.26 bits per heavy atom. The maximum Gasteiger partial charge on any atom is 0.673 e. The number of amidine groups is 1. The number of hydrogen-bond donors (Lipinski definition) is 1. The van der Waals surface area contributed by atoms with Crippen molar-refractivity contribution in [2.45, 2.75) is 0 Å². The van der Waals surface area contributed by atoms with Gasteiger partial charge in [0.1, 0.15) is 0 Å². The first kappa shape index (κ1) is 18.9. The van der Waals surface area contributed by atoms with Crippen LogP contribution in [0.3, 0.4) is 0 Å². The molecule has 0 unspecified atom stereocenters. The summed E-state index contributed by atoms with van der Waals surface area (Å²) in [6.07, 6.45) is 0. The zero-order valence-corrected chi connectivity index (χ0v) is 13.3. The Bertz CT molecular complexity index is 646. The Kier molecular flexibility index (Phi) is 6.49. The van der Waals surface area contributed by atoms with E-state index >= 15 is 0 Å². The molecule has 0 amide bonds. The number of H-pyrrole nitrogens is 1. The number of halogens is 4. The van der Waals surface area contributed by atoms with E-state index in [0.717, 1.165) is 23.4 Å². The van der Waals surface area contributed by atoms with Crippen LogP contribution < -0.4 is 4.79 Å². The summed E-state index contributed by atoms with van der Waals surface area (Å²) in [6, 6.07) is 7.89. The third kappa shape index (κ3) is 7.09. The van der Waals surface area contributed by atoms with Crippen molar-refractivity contribution < 1.29 is 22.1 Å². The number of nitrogens with zero attached hydrogens (tertiary/aromatic N) is 5. The predicted octanol–water partition coefficient (Wildman–Crippen LogP) is 1.44. The second kappa shape index (κ2) is 7.91. The van der Waals surface area contributed by atoms with Crippen molar-refractivity contribution in [3.05, 3.63) is 24.3 Å². The largest absolute Gasteiger partial charge is 0.673 e. The molecule has 2 rings (SSSR count). The van der Waals surface area contributed by atoms with E-state index < -0.39 is 7.25 Å². The highest BCUT2D eigenvalue weighted by Gasteiger charge is 2.20. The standard InChI is InChI=1S/C12H18N6.BF4/c1-16(2)9-12(17(3)4)14-18-11-8-6-5-7-10(11)13-15-18;2-1(3,4)5/h5-8H,9H2,1-4H3;/q;-1/p+1/b14-12-;. The SMILES string of the molecule is CN(C)C/C(=N/[n+]1[nH]nc2ccccc21)N(C)C.F[B-](F)(F)F. The Hall–Kier alpha value is -2.17. The van der Waals surface area contributed by atoms with Crippen molar-refractivity contribution in [2.24, 2.45) is 5.10 Å². The lowest BCUT2D eigenvalue weighted by Crippen LogP contribution is -2.40. The lowest BCUT2D eigenvalue weighted by Gasteiger charge is -2.17. The number of benzene rings is 1. The van der Waals surface area contributed by atoms with E-state index in [1.54, 1.807) is 4.79 Å². The number of para-hydroxylation sites is 2. The van der Waals surface area contributed by atoms with Gasteiger partial charge in [-0.05, 0) is 41.3 Å². The Balaban J connectivity index is 0.000000463. The van der Waals surface area contributed by atoms with Crippen LogP contribution in [0, 0.1) is 0 Å². The molecule has 0 aliphatic carbocycles. The maximum absolute atomic E-state index is 9.75. The fourth-order valence-corrected chi connectivity index (χ4v) is 1.63. The quantitative estimate of drug-likeness (QED) is 0.304. The van der Waals surface area contributed by atoms with E-state index in [9.17, 15) is 17.3 Å². The lowest BCUT2D eigenvalue weighted by molar-refractivity contribution is -0.714. The molecule has 1 aromatic heterocycles. The van der Waals surface area contributed by atoms with E-state index in [-0.39, 0.29) is 0 Å². The van der Waals surface area contributed by atoms with E-state index in [0.29, 0.717) is 0 Å². The van der Waals surface area contributed by atoms with Gasteiger partial charge in [-0.3, -0.25) is 0 Å². The van der Waals surface area contributed by atoms with Crippen LogP contribution in [0.4, 0.5) is 17.3 Å². The Morgan fingerprint density at radius 1 is 1.17 bits per heavy atom. The van der Waals surface area contributed by atoms with Crippen LogP contribution in [0.25, 0.3) is 11.0 Å². The minimum absolute atomic E-state index is 0.771. The second-order valence-electron chi connectivity index (χ2n) is 5.16. The average Bonchev–Trinajstić information content (AvgIpc) is 2.79. The number of nitrogens with one attached hydrogen (secondary N) is 1. The van der Waals surface area contributed by atoms with E-state index in [2.05, 4.69) is 20.3 Å². The van der Waals surface area contributed by atoms with Gasteiger partial charge in [-0.25, -0.2) is 0 Å². The number of fused-ring (bicyclic) bond motifs is 1. The smallest absolute Gasteiger partial charge is 0.418 e. The van der Waals surface area contributed by atoms with Gasteiger partial charge in [0.25, 0.3) is 5.52 Å². The lowest BCUT2D eigenvalue weighted by atomic mass is 10.3. The van der Waals surface area contributed by atoms with Crippen LogP contribution in [0.5, 0.6) is 0 Å². The summed E-state index contributed by atoms with van der Waals surface area (Å²) in [4.78, 5) is 5.79. The molecule has 2 aromatic rings. The predicted molar refractivity (Wildman–Crippen MR) is 81.5 cm³/mol. The fourth-order valence-electron chi connectivity index (χ4n) is 1.63. The summed E-state index contributed by atoms with van der Waals surface area (Å²) in [5.74, 6) is 0.958. The first-order valence-electron chi connectivity index (χ1n) is 6.70. The van der Waals surface area contributed by atoms with E-state index in [1.165, 1.54) is 0 Å². The zero-order valence-electron chi connectivity index (χ0n) is 13.3. The van der Waals surface area contributed by atoms with Crippen LogP contribution in [0.1, 0.15) is 0 Å². The van der Waals surface area contributed by atoms with Gasteiger partial charge in [0.2, 0.25) is 5.52 Å². The molecule has 11 heteroatoms. The van der Waals surface area contributed by atoms with Crippen molar-refractivity contribution >= 4 is 24.1 Å². The third-order valence-electron chi connectivity index (χ3n) is 2.56. The fraction of sp³-hybridized carbons (Fsp3) is 0.417. The van der Waals surface area contributed by atoms with Crippen LogP contribution in [-0.2, 0) is 0 Å². The van der Waals surface area contributed by atoms with Crippen LogP contribution in [0.15, 0.2) is 29.4 Å². The third-order valence-corrected chi connectivity index (χ3v) is 2.56. The summed E-state index contributed by atoms with van der Waals surface area (Å²) in [6.45, 7) is 0.771. The topological polar surface area (TPSA) is 51.4 Å². The number of likely N-dealkylation sites (N-methyl/N-ethyl adjacent to an activating group) is 2. The van der Waals surface area contributed by atoms with E-state index in [1.807, 2.05) is 57.4 Å². The molecule has 0 radical (unpaired) electrons. The van der Waals surface area contributed by atoms with Crippen molar-refractivity contribution in [1.82, 2.24) is 20.1 Å². The number of rotatable bonds is 3. The second-order valence-corrected chi connectivity index (χ2v) is 5.16. The molecule has 23 heavy (non-hydrogen) atoms. The van der Waals surface area contributed by atoms with Crippen LogP contribution in [-0.4, -0.2) is 67.9 Å². The Labute approximate surface area is 131 Å². The van der Waals surface area contributed by atoms with Gasteiger partial charge in [0.15, 0.2) is 5.84 Å². The Morgan fingerprint density at radius 2 is 1.74 bits per heavy atom. The first-order valence-corrected chi connectivity index (χ1v) is 6.70. The number of aromatic nitrogens is 3. The highest BCUT2D eigenvalue weighted by atomic mass is 19.5. The summed E-state index contributed by atoms with van der Waals surface area (Å²) in [7, 11) is 2.02. The summed E-state index contributed by atoms with van der Waals surface area (Å²) in [5, 5.41) is 11.7. The molecule has 0 saturated heterocycles. The monoisotopic (exact) mass is 334 g/mol. The van der Waals surface area contributed by atoms with Gasteiger partial charge in [-0.2, -0.15) is 0 Å². The number of aromatic amines is 1. The van der Waals surface area contributed by atoms with Gasteiger partial charge < -0.3 is 27.1 Å². The highest BCUT2D eigenvalue weighted by molar-refractivity contribution is 6.50. The van der Waals surface area contributed by atoms with Gasteiger partial charge in [-0.1, -0.05) is 12.1 Å². The molecule has 1 aromatic carbocycles. The minimum atomic E-state index is -6.00. The first-order chi connectivity index (χ1) is 10.6. The van der Waals surface area contributed by atoms with Crippen LogP contribution in [0.2, 0.25) is 0 Å². The highest BCUT2D eigenvalue weighted by Crippen LogP contribution is 2.06. The summed E-state index contributed by atoms with van der Waals surface area (Å²) >= 11 is 0. The molecule has 128 valence electrons. The molecule has 0 aliphatic heterocycles. The summed E-state index contributed by atoms with van der Waals surface area (Å²) < 4.78 is 39.0. The number of hydrogen-bond acceptors (Lipinski definition) is 3. The molecule has 6 nitrogen and oxygen atoms in total.